The van der Waals surface area contributed by atoms with Gasteiger partial charge in [-0.2, -0.15) is 0 Å². The highest BCUT2D eigenvalue weighted by atomic mass is 16.8. The second kappa shape index (κ2) is 29.0. The van der Waals surface area contributed by atoms with E-state index in [1.807, 2.05) is 152 Å². The van der Waals surface area contributed by atoms with Gasteiger partial charge in [0.15, 0.2) is 25.0 Å². The van der Waals surface area contributed by atoms with Gasteiger partial charge in [-0.3, -0.25) is 33.8 Å². The fourth-order valence-electron chi connectivity index (χ4n) is 12.9. The van der Waals surface area contributed by atoms with Gasteiger partial charge in [-0.25, -0.2) is 0 Å². The summed E-state index contributed by atoms with van der Waals surface area (Å²) in [6, 6.07) is 54.9. The van der Waals surface area contributed by atoms with Gasteiger partial charge in [-0.1, -0.05) is 181 Å². The van der Waals surface area contributed by atoms with Crippen molar-refractivity contribution in [1.82, 2.24) is 9.80 Å². The molecule has 22 heteroatoms. The Balaban J connectivity index is 0.969. The number of esters is 1. The Morgan fingerprint density at radius 1 is 0.462 bits per heavy atom. The summed E-state index contributed by atoms with van der Waals surface area (Å²) in [5.74, 6) is -3.61. The van der Waals surface area contributed by atoms with E-state index in [2.05, 4.69) is 10.0 Å². The Labute approximate surface area is 535 Å². The van der Waals surface area contributed by atoms with Crippen LogP contribution in [-0.2, 0) is 94.7 Å². The predicted molar refractivity (Wildman–Crippen MR) is 329 cm³/mol. The summed E-state index contributed by atoms with van der Waals surface area (Å²) in [5, 5.41) is 4.14. The Morgan fingerprint density at radius 2 is 0.817 bits per heavy atom. The van der Waals surface area contributed by atoms with E-state index < -0.39 is 122 Å². The molecule has 4 amide bonds. The van der Waals surface area contributed by atoms with Crippen molar-refractivity contribution < 1.29 is 80.8 Å². The van der Waals surface area contributed by atoms with Crippen molar-refractivity contribution in [2.75, 3.05) is 19.8 Å². The van der Waals surface area contributed by atoms with E-state index >= 15 is 19.2 Å². The molecule has 7 aromatic rings. The number of hydrogen-bond acceptors (Lipinski definition) is 18. The van der Waals surface area contributed by atoms with Crippen molar-refractivity contribution in [2.45, 2.75) is 132 Å². The average Bonchev–Trinajstić information content (AvgIpc) is 1.70. The summed E-state index contributed by atoms with van der Waals surface area (Å²) in [7, 11) is 0. The lowest BCUT2D eigenvalue weighted by molar-refractivity contribution is -0.360. The molecule has 478 valence electrons. The van der Waals surface area contributed by atoms with Crippen LogP contribution in [0.15, 0.2) is 205 Å². The molecule has 22 nitrogen and oxygen atoms in total. The molecule has 13 rings (SSSR count). The topological polar surface area (TPSA) is 251 Å². The summed E-state index contributed by atoms with van der Waals surface area (Å²) in [6.45, 7) is 0.530. The standard InChI is InChI=1S/C71H67N5O17/c1-43(77)88-60-53(40-82-35-44-21-7-2-8-22-44)90-71(57(63(60)85-38-47-27-13-5-14-28-47)75-65(78)49-31-17-18-32-50(49)66(75)79)93-61-54(41-83-36-45-23-9-3-10-24-45)91-70(92-59-55-42-87-69(89-55)56(73-74-72)62(59)84-37-46-25-11-4-12-26-46)58(64(61)86-39-48-29-15-6-16-30-48)76-67(80)51-33-19-20-34-52(51)68(76)81/h2-34,53-64,69-71H,35-42H2,1H3/t53-,54-,55-,56?,57-,58-,59-,60-,61-,62?,63-,64-,69-,70+,71+/m1/s1. The molecule has 0 aromatic heterocycles. The SMILES string of the molecule is CC(=O)O[C@H]1[C@H](OCc2ccccc2)[C@@H](N2C(=O)c3ccccc3C2=O)[C@H](O[C@H]2[C@H](OCc3ccccc3)[C@@H](N3C(=O)c4ccccc4C3=O)[C@H](O[C@H]3C(OCc4ccccc4)C(N=[N+]=[N-])[C@@H]4OC[C@H]3O4)O[C@@H]2COCc2ccccc2)O[C@@H]1COCc1ccccc1. The quantitative estimate of drug-likeness (QED) is 0.0170. The van der Waals surface area contributed by atoms with Crippen LogP contribution in [0, 0.1) is 0 Å². The first kappa shape index (κ1) is 62.9. The second-order valence-corrected chi connectivity index (χ2v) is 23.3. The van der Waals surface area contributed by atoms with E-state index in [0.29, 0.717) is 11.1 Å². The van der Waals surface area contributed by atoms with Crippen LogP contribution in [-0.4, -0.2) is 151 Å². The minimum Gasteiger partial charge on any atom is -0.457 e. The number of carbonyl (C=O) groups excluding carboxylic acids is 5. The summed E-state index contributed by atoms with van der Waals surface area (Å²) in [6.07, 6.45) is -16.1. The fraction of sp³-hybridized carbons (Fsp3) is 0.338. The van der Waals surface area contributed by atoms with Gasteiger partial charge in [-0.15, -0.1) is 0 Å². The molecule has 6 heterocycles. The third kappa shape index (κ3) is 13.7. The Kier molecular flexibility index (Phi) is 19.6. The van der Waals surface area contributed by atoms with Gasteiger partial charge < -0.3 is 56.8 Å². The molecule has 2 bridgehead atoms. The van der Waals surface area contributed by atoms with Crippen molar-refractivity contribution >= 4 is 29.6 Å². The van der Waals surface area contributed by atoms with E-state index in [9.17, 15) is 10.3 Å². The molecule has 0 radical (unpaired) electrons. The van der Waals surface area contributed by atoms with Crippen LogP contribution in [0.25, 0.3) is 10.4 Å². The number of amides is 4. The Hall–Kier alpha value is -8.84. The zero-order valence-electron chi connectivity index (χ0n) is 50.5. The minimum absolute atomic E-state index is 0.0343. The van der Waals surface area contributed by atoms with Gasteiger partial charge in [0.25, 0.3) is 23.6 Å². The molecular weight excluding hydrogens is 1190 g/mol. The van der Waals surface area contributed by atoms with E-state index in [-0.39, 0.29) is 75.1 Å². The molecule has 4 fully saturated rings. The lowest BCUT2D eigenvalue weighted by Gasteiger charge is -2.53. The minimum atomic E-state index is -1.77. The van der Waals surface area contributed by atoms with Crippen molar-refractivity contribution in [3.05, 3.63) is 261 Å². The highest BCUT2D eigenvalue weighted by Crippen LogP contribution is 2.43. The van der Waals surface area contributed by atoms with Gasteiger partial charge in [0.2, 0.25) is 0 Å². The number of benzene rings is 7. The maximum Gasteiger partial charge on any atom is 0.303 e. The van der Waals surface area contributed by atoms with Crippen molar-refractivity contribution in [2.24, 2.45) is 5.11 Å². The summed E-state index contributed by atoms with van der Waals surface area (Å²) in [4.78, 5) is 80.2. The molecule has 15 atom stereocenters. The van der Waals surface area contributed by atoms with Gasteiger partial charge in [0, 0.05) is 11.8 Å². The van der Waals surface area contributed by atoms with Crippen LogP contribution in [0.3, 0.4) is 0 Å². The number of imide groups is 2. The second-order valence-electron chi connectivity index (χ2n) is 23.3. The first-order valence-corrected chi connectivity index (χ1v) is 30.8. The third-order valence-electron chi connectivity index (χ3n) is 17.2. The average molecular weight is 1260 g/mol. The van der Waals surface area contributed by atoms with Crippen LogP contribution < -0.4 is 0 Å². The molecule has 6 aliphatic rings. The van der Waals surface area contributed by atoms with Crippen LogP contribution in [0.5, 0.6) is 0 Å². The van der Waals surface area contributed by atoms with E-state index in [0.717, 1.165) is 26.5 Å². The van der Waals surface area contributed by atoms with E-state index in [4.69, 9.17) is 56.8 Å². The molecule has 2 unspecified atom stereocenters. The smallest absolute Gasteiger partial charge is 0.303 e. The van der Waals surface area contributed by atoms with E-state index in [1.54, 1.807) is 36.4 Å². The van der Waals surface area contributed by atoms with E-state index in [1.165, 1.54) is 19.1 Å². The van der Waals surface area contributed by atoms with Gasteiger partial charge >= 0.3 is 5.97 Å². The maximum atomic E-state index is 15.4. The number of carbonyl (C=O) groups is 5. The molecule has 0 spiro atoms. The first-order valence-electron chi connectivity index (χ1n) is 30.8. The molecule has 0 saturated carbocycles. The van der Waals surface area contributed by atoms with Crippen LogP contribution in [0.1, 0.15) is 76.2 Å². The normalized spacial score (nSPS) is 28.0. The highest BCUT2D eigenvalue weighted by molar-refractivity contribution is 6.22. The molecular formula is C71H67N5O17. The van der Waals surface area contributed by atoms with Crippen molar-refractivity contribution in [1.29, 1.82) is 0 Å². The number of nitrogens with zero attached hydrogens (tertiary/aromatic N) is 5. The first-order chi connectivity index (χ1) is 45.6. The molecule has 7 aromatic carbocycles. The highest BCUT2D eigenvalue weighted by Gasteiger charge is 2.62. The van der Waals surface area contributed by atoms with Gasteiger partial charge in [0.1, 0.15) is 67.0 Å². The maximum absolute atomic E-state index is 15.4. The predicted octanol–water partition coefficient (Wildman–Crippen LogP) is 9.09. The Bertz CT molecular complexity index is 3730. The zero-order valence-corrected chi connectivity index (χ0v) is 50.5. The largest absolute Gasteiger partial charge is 0.457 e. The molecule has 6 aliphatic heterocycles. The lowest BCUT2D eigenvalue weighted by Crippen LogP contribution is -2.71. The summed E-state index contributed by atoms with van der Waals surface area (Å²) >= 11 is 0. The van der Waals surface area contributed by atoms with Crippen molar-refractivity contribution in [3.63, 3.8) is 0 Å². The van der Waals surface area contributed by atoms with Crippen LogP contribution >= 0.6 is 0 Å². The number of rotatable bonds is 25. The lowest BCUT2D eigenvalue weighted by atomic mass is 9.92. The number of hydrogen-bond donors (Lipinski definition) is 0. The molecule has 0 N–H and O–H groups in total. The molecule has 4 saturated heterocycles. The zero-order chi connectivity index (χ0) is 63.8. The number of ether oxygens (including phenoxy) is 12. The number of fused-ring (bicyclic) bond motifs is 4. The van der Waals surface area contributed by atoms with Gasteiger partial charge in [0.05, 0.1) is 75.1 Å². The van der Waals surface area contributed by atoms with Crippen LogP contribution in [0.4, 0.5) is 0 Å². The van der Waals surface area contributed by atoms with Crippen molar-refractivity contribution in [3.8, 4) is 0 Å². The fourth-order valence-corrected chi connectivity index (χ4v) is 12.9. The monoisotopic (exact) mass is 1260 g/mol. The van der Waals surface area contributed by atoms with Gasteiger partial charge in [-0.05, 0) is 57.6 Å². The van der Waals surface area contributed by atoms with Crippen LogP contribution in [0.2, 0.25) is 0 Å². The molecule has 93 heavy (non-hydrogen) atoms. The molecule has 0 aliphatic carbocycles. The number of azide groups is 1. The summed E-state index contributed by atoms with van der Waals surface area (Å²) < 4.78 is 82.0. The third-order valence-corrected chi connectivity index (χ3v) is 17.2. The summed E-state index contributed by atoms with van der Waals surface area (Å²) in [5.41, 5.74) is 14.2. The Morgan fingerprint density at radius 3 is 1.22 bits per heavy atom.